The molecule has 0 unspecified atom stereocenters. The molecule has 0 saturated carbocycles. The molecular weight excluding hydrogens is 280 g/mol. The number of amides is 1. The summed E-state index contributed by atoms with van der Waals surface area (Å²) in [5.41, 5.74) is 0.360. The van der Waals surface area contributed by atoms with Crippen molar-refractivity contribution in [3.05, 3.63) is 17.7 Å². The van der Waals surface area contributed by atoms with Crippen molar-refractivity contribution >= 4 is 21.6 Å². The Kier molecular flexibility index (Phi) is 3.51. The zero-order chi connectivity index (χ0) is 15.1. The molecule has 0 bridgehead atoms. The molecule has 1 heterocycles. The molecule has 0 radical (unpaired) electrons. The van der Waals surface area contributed by atoms with Crippen molar-refractivity contribution in [1.29, 1.82) is 0 Å². The summed E-state index contributed by atoms with van der Waals surface area (Å²) in [5, 5.41) is 2.61. The fourth-order valence-electron chi connectivity index (χ4n) is 1.96. The van der Waals surface area contributed by atoms with E-state index in [0.29, 0.717) is 17.0 Å². The second-order valence-electron chi connectivity index (χ2n) is 5.81. The zero-order valence-electron chi connectivity index (χ0n) is 11.9. The second kappa shape index (κ2) is 4.75. The molecule has 1 aromatic carbocycles. The third-order valence-corrected chi connectivity index (χ3v) is 4.54. The minimum absolute atomic E-state index is 0.0568. The number of carbonyl (C=O) groups is 1. The lowest BCUT2D eigenvalue weighted by atomic mass is 10.1. The van der Waals surface area contributed by atoms with E-state index in [0.717, 1.165) is 0 Å². The lowest BCUT2D eigenvalue weighted by Gasteiger charge is -2.23. The van der Waals surface area contributed by atoms with E-state index in [1.165, 1.54) is 6.07 Å². The molecule has 0 atom stereocenters. The van der Waals surface area contributed by atoms with Crippen LogP contribution in [0, 0.1) is 6.92 Å². The fourth-order valence-corrected chi connectivity index (χ4v) is 3.63. The Morgan fingerprint density at radius 1 is 1.30 bits per heavy atom. The first-order valence-corrected chi connectivity index (χ1v) is 7.68. The third kappa shape index (κ3) is 3.10. The highest BCUT2D eigenvalue weighted by molar-refractivity contribution is 7.89. The van der Waals surface area contributed by atoms with Crippen molar-refractivity contribution in [2.24, 2.45) is 0 Å². The van der Waals surface area contributed by atoms with Crippen LogP contribution in [0.1, 0.15) is 26.3 Å². The van der Waals surface area contributed by atoms with Crippen molar-refractivity contribution < 1.29 is 17.9 Å². The van der Waals surface area contributed by atoms with Gasteiger partial charge >= 0.3 is 0 Å². The highest BCUT2D eigenvalue weighted by Gasteiger charge is 2.26. The van der Waals surface area contributed by atoms with Gasteiger partial charge in [-0.1, -0.05) is 0 Å². The van der Waals surface area contributed by atoms with Crippen LogP contribution in [0.4, 0.5) is 5.69 Å². The van der Waals surface area contributed by atoms with Gasteiger partial charge in [-0.15, -0.1) is 0 Å². The number of anilines is 1. The van der Waals surface area contributed by atoms with Crippen molar-refractivity contribution in [3.63, 3.8) is 0 Å². The molecule has 1 aromatic rings. The minimum Gasteiger partial charge on any atom is -0.482 e. The monoisotopic (exact) mass is 298 g/mol. The van der Waals surface area contributed by atoms with E-state index in [-0.39, 0.29) is 17.4 Å². The van der Waals surface area contributed by atoms with Crippen LogP contribution in [-0.2, 0) is 14.8 Å². The number of benzene rings is 1. The van der Waals surface area contributed by atoms with E-state index in [4.69, 9.17) is 4.74 Å². The molecule has 1 aliphatic heterocycles. The van der Waals surface area contributed by atoms with Gasteiger partial charge in [-0.05, 0) is 45.4 Å². The molecule has 7 heteroatoms. The van der Waals surface area contributed by atoms with Crippen molar-refractivity contribution in [3.8, 4) is 5.75 Å². The van der Waals surface area contributed by atoms with E-state index in [1.54, 1.807) is 33.8 Å². The van der Waals surface area contributed by atoms with Gasteiger partial charge in [0.05, 0.1) is 10.6 Å². The molecule has 2 N–H and O–H groups in total. The van der Waals surface area contributed by atoms with Crippen LogP contribution in [0.15, 0.2) is 17.0 Å². The number of fused-ring (bicyclic) bond motifs is 1. The highest BCUT2D eigenvalue weighted by atomic mass is 32.2. The van der Waals surface area contributed by atoms with Gasteiger partial charge in [-0.3, -0.25) is 4.79 Å². The highest BCUT2D eigenvalue weighted by Crippen LogP contribution is 2.33. The summed E-state index contributed by atoms with van der Waals surface area (Å²) >= 11 is 0. The smallest absolute Gasteiger partial charge is 0.262 e. The van der Waals surface area contributed by atoms with E-state index < -0.39 is 15.6 Å². The van der Waals surface area contributed by atoms with E-state index in [2.05, 4.69) is 10.0 Å². The summed E-state index contributed by atoms with van der Waals surface area (Å²) in [4.78, 5) is 11.4. The maximum absolute atomic E-state index is 12.4. The van der Waals surface area contributed by atoms with Crippen molar-refractivity contribution in [2.45, 2.75) is 38.1 Å². The van der Waals surface area contributed by atoms with Crippen LogP contribution in [0.25, 0.3) is 0 Å². The number of ether oxygens (including phenoxy) is 1. The van der Waals surface area contributed by atoms with Crippen LogP contribution < -0.4 is 14.8 Å². The lowest BCUT2D eigenvalue weighted by molar-refractivity contribution is -0.118. The summed E-state index contributed by atoms with van der Waals surface area (Å²) in [7, 11) is -3.66. The predicted molar refractivity (Wildman–Crippen MR) is 75.4 cm³/mol. The Balaban J connectivity index is 2.48. The summed E-state index contributed by atoms with van der Waals surface area (Å²) < 4.78 is 32.6. The molecule has 110 valence electrons. The maximum atomic E-state index is 12.4. The minimum atomic E-state index is -3.66. The molecule has 0 aromatic heterocycles. The number of aryl methyl sites for hydroxylation is 1. The van der Waals surface area contributed by atoms with Gasteiger partial charge in [0.25, 0.3) is 5.91 Å². The molecule has 0 fully saturated rings. The predicted octanol–water partition coefficient (Wildman–Crippen LogP) is 1.40. The first-order chi connectivity index (χ1) is 9.08. The number of hydrogen-bond donors (Lipinski definition) is 2. The van der Waals surface area contributed by atoms with E-state index >= 15 is 0 Å². The normalized spacial score (nSPS) is 15.3. The van der Waals surface area contributed by atoms with Crippen LogP contribution in [0.2, 0.25) is 0 Å². The molecule has 1 aliphatic rings. The molecule has 0 saturated heterocycles. The number of nitrogens with one attached hydrogen (secondary N) is 2. The van der Waals surface area contributed by atoms with Gasteiger partial charge in [0, 0.05) is 5.54 Å². The summed E-state index contributed by atoms with van der Waals surface area (Å²) in [6, 6.07) is 3.04. The van der Waals surface area contributed by atoms with E-state index in [1.807, 2.05) is 0 Å². The maximum Gasteiger partial charge on any atom is 0.262 e. The Bertz CT molecular complexity index is 660. The van der Waals surface area contributed by atoms with Crippen LogP contribution in [0.5, 0.6) is 5.75 Å². The number of carbonyl (C=O) groups excluding carboxylic acids is 1. The van der Waals surface area contributed by atoms with Crippen LogP contribution in [-0.4, -0.2) is 26.5 Å². The van der Waals surface area contributed by atoms with Crippen LogP contribution in [0.3, 0.4) is 0 Å². The molecule has 2 rings (SSSR count). The largest absolute Gasteiger partial charge is 0.482 e. The number of sulfonamides is 1. The summed E-state index contributed by atoms with van der Waals surface area (Å²) in [5.74, 6) is 0.185. The molecule has 6 nitrogen and oxygen atoms in total. The topological polar surface area (TPSA) is 84.5 Å². The molecule has 0 aliphatic carbocycles. The van der Waals surface area contributed by atoms with Crippen molar-refractivity contribution in [2.75, 3.05) is 11.9 Å². The average molecular weight is 298 g/mol. The molecular formula is C13H18N2O4S. The van der Waals surface area contributed by atoms with E-state index in [9.17, 15) is 13.2 Å². The molecule has 20 heavy (non-hydrogen) atoms. The summed E-state index contributed by atoms with van der Waals surface area (Å²) in [6.07, 6.45) is 0. The standard InChI is InChI=1S/C13H18N2O4S/c1-8-5-10-9(14-12(16)7-19-10)6-11(8)20(17,18)15-13(2,3)4/h5-6,15H,7H2,1-4H3,(H,14,16). The number of hydrogen-bond acceptors (Lipinski definition) is 4. The Morgan fingerprint density at radius 2 is 1.95 bits per heavy atom. The third-order valence-electron chi connectivity index (χ3n) is 2.64. The quantitative estimate of drug-likeness (QED) is 0.864. The molecule has 1 amide bonds. The SMILES string of the molecule is Cc1cc2c(cc1S(=O)(=O)NC(C)(C)C)NC(=O)CO2. The zero-order valence-corrected chi connectivity index (χ0v) is 12.7. The van der Waals surface area contributed by atoms with Gasteiger partial charge in [0.15, 0.2) is 6.61 Å². The lowest BCUT2D eigenvalue weighted by Crippen LogP contribution is -2.40. The average Bonchev–Trinajstić information content (AvgIpc) is 2.25. The van der Waals surface area contributed by atoms with Gasteiger partial charge < -0.3 is 10.1 Å². The molecule has 0 spiro atoms. The Labute approximate surface area is 118 Å². The van der Waals surface area contributed by atoms with Crippen LogP contribution >= 0.6 is 0 Å². The summed E-state index contributed by atoms with van der Waals surface area (Å²) in [6.45, 7) is 6.94. The first kappa shape index (κ1) is 14.8. The number of rotatable bonds is 2. The van der Waals surface area contributed by atoms with Gasteiger partial charge in [-0.25, -0.2) is 13.1 Å². The Morgan fingerprint density at radius 3 is 2.55 bits per heavy atom. The first-order valence-electron chi connectivity index (χ1n) is 6.20. The van der Waals surface area contributed by atoms with Gasteiger partial charge in [0.2, 0.25) is 10.0 Å². The van der Waals surface area contributed by atoms with Crippen molar-refractivity contribution in [1.82, 2.24) is 4.72 Å². The second-order valence-corrected chi connectivity index (χ2v) is 7.46. The van der Waals surface area contributed by atoms with Gasteiger partial charge in [0.1, 0.15) is 5.75 Å². The fraction of sp³-hybridized carbons (Fsp3) is 0.462. The Hall–Kier alpha value is -1.60. The van der Waals surface area contributed by atoms with Gasteiger partial charge in [-0.2, -0.15) is 0 Å².